The third-order valence-corrected chi connectivity index (χ3v) is 3.76. The van der Waals surface area contributed by atoms with Gasteiger partial charge in [0, 0.05) is 32.0 Å². The largest absolute Gasteiger partial charge is 0.352 e. The van der Waals surface area contributed by atoms with Gasteiger partial charge in [0.2, 0.25) is 5.91 Å². The highest BCUT2D eigenvalue weighted by molar-refractivity contribution is 6.30. The van der Waals surface area contributed by atoms with Gasteiger partial charge in [-0.2, -0.15) is 0 Å². The van der Waals surface area contributed by atoms with Crippen LogP contribution in [-0.4, -0.2) is 40.5 Å². The van der Waals surface area contributed by atoms with Crippen molar-refractivity contribution in [3.8, 4) is 0 Å². The molecule has 1 heterocycles. The van der Waals surface area contributed by atoms with Crippen molar-refractivity contribution in [1.29, 1.82) is 0 Å². The molecule has 2 atom stereocenters. The molecule has 0 radical (unpaired) electrons. The van der Waals surface area contributed by atoms with E-state index in [1.807, 2.05) is 31.5 Å². The highest BCUT2D eigenvalue weighted by Crippen LogP contribution is 2.14. The van der Waals surface area contributed by atoms with Gasteiger partial charge in [0.15, 0.2) is 0 Å². The zero-order chi connectivity index (χ0) is 16.9. The van der Waals surface area contributed by atoms with Crippen LogP contribution in [0.5, 0.6) is 0 Å². The molecule has 0 aliphatic carbocycles. The summed E-state index contributed by atoms with van der Waals surface area (Å²) < 4.78 is 1.87. The maximum Gasteiger partial charge on any atom is 0.318 e. The Balaban J connectivity index is 2.53. The molecule has 0 aromatic carbocycles. The number of hydrogen-bond donors (Lipinski definition) is 2. The maximum absolute atomic E-state index is 12.1. The van der Waals surface area contributed by atoms with E-state index in [-0.39, 0.29) is 18.0 Å². The highest BCUT2D eigenvalue weighted by Gasteiger charge is 2.19. The van der Waals surface area contributed by atoms with Crippen LogP contribution < -0.4 is 10.6 Å². The topological polar surface area (TPSA) is 66.4 Å². The Morgan fingerprint density at radius 3 is 2.50 bits per heavy atom. The summed E-state index contributed by atoms with van der Waals surface area (Å²) in [6.07, 6.45) is 2.63. The number of hydrogen-bond acceptors (Lipinski definition) is 2. The average Bonchev–Trinajstić information content (AvgIpc) is 2.76. The number of nitrogens with zero attached hydrogens (tertiary/aromatic N) is 2. The van der Waals surface area contributed by atoms with E-state index in [9.17, 15) is 9.59 Å². The van der Waals surface area contributed by atoms with Gasteiger partial charge < -0.3 is 20.1 Å². The van der Waals surface area contributed by atoms with Gasteiger partial charge in [0.25, 0.3) is 0 Å². The molecule has 0 fully saturated rings. The first-order chi connectivity index (χ1) is 10.2. The number of aromatic nitrogens is 1. The number of halogens is 1. The minimum atomic E-state index is -0.582. The summed E-state index contributed by atoms with van der Waals surface area (Å²) in [6.45, 7) is 6.00. The minimum absolute atomic E-state index is 0.0927. The van der Waals surface area contributed by atoms with Crippen molar-refractivity contribution in [2.45, 2.75) is 45.8 Å². The van der Waals surface area contributed by atoms with Crippen molar-refractivity contribution in [3.63, 3.8) is 0 Å². The molecule has 7 heteroatoms. The maximum atomic E-state index is 12.1. The van der Waals surface area contributed by atoms with Crippen molar-refractivity contribution in [1.82, 2.24) is 20.1 Å². The number of urea groups is 1. The van der Waals surface area contributed by atoms with Gasteiger partial charge in [-0.3, -0.25) is 4.79 Å². The molecule has 1 aromatic rings. The molecular formula is C15H25ClN4O2. The van der Waals surface area contributed by atoms with Crippen LogP contribution in [0, 0.1) is 0 Å². The van der Waals surface area contributed by atoms with Crippen LogP contribution in [0.1, 0.15) is 32.9 Å². The lowest BCUT2D eigenvalue weighted by atomic mass is 10.2. The van der Waals surface area contributed by atoms with Crippen LogP contribution >= 0.6 is 11.6 Å². The van der Waals surface area contributed by atoms with Crippen LogP contribution in [-0.2, 0) is 18.4 Å². The summed E-state index contributed by atoms with van der Waals surface area (Å²) in [4.78, 5) is 25.6. The van der Waals surface area contributed by atoms with E-state index in [0.717, 1.165) is 12.1 Å². The van der Waals surface area contributed by atoms with E-state index in [2.05, 4.69) is 10.6 Å². The molecule has 124 valence electrons. The van der Waals surface area contributed by atoms with Crippen molar-refractivity contribution >= 4 is 23.5 Å². The van der Waals surface area contributed by atoms with E-state index in [1.54, 1.807) is 20.2 Å². The lowest BCUT2D eigenvalue weighted by Gasteiger charge is -2.22. The predicted molar refractivity (Wildman–Crippen MR) is 87.8 cm³/mol. The molecule has 2 N–H and O–H groups in total. The average molecular weight is 329 g/mol. The van der Waals surface area contributed by atoms with Gasteiger partial charge in [0.05, 0.1) is 11.6 Å². The standard InChI is InChI=1S/C15H25ClN4O2/c1-6-10(2)17-14(21)11(3)18-15(22)20(5)9-13-7-12(16)8-19(13)4/h7-8,10-11H,6,9H2,1-5H3,(H,17,21)(H,18,22). The number of amides is 3. The Morgan fingerprint density at radius 1 is 1.36 bits per heavy atom. The van der Waals surface area contributed by atoms with Gasteiger partial charge in [-0.05, 0) is 26.3 Å². The normalized spacial score (nSPS) is 13.4. The Labute approximate surface area is 136 Å². The number of nitrogens with one attached hydrogen (secondary N) is 2. The first-order valence-corrected chi connectivity index (χ1v) is 7.75. The summed E-state index contributed by atoms with van der Waals surface area (Å²) in [5.74, 6) is -0.182. The molecule has 0 saturated carbocycles. The third-order valence-electron chi connectivity index (χ3n) is 3.55. The first-order valence-electron chi connectivity index (χ1n) is 7.37. The van der Waals surface area contributed by atoms with Crippen LogP contribution in [0.2, 0.25) is 5.02 Å². The second-order valence-electron chi connectivity index (χ2n) is 5.61. The molecule has 1 aromatic heterocycles. The molecule has 0 spiro atoms. The Hall–Kier alpha value is -1.69. The third kappa shape index (κ3) is 5.26. The molecule has 0 saturated heterocycles. The predicted octanol–water partition coefficient (Wildman–Crippen LogP) is 2.12. The summed E-state index contributed by atoms with van der Waals surface area (Å²) >= 11 is 5.92. The second-order valence-corrected chi connectivity index (χ2v) is 6.04. The molecule has 0 aliphatic heterocycles. The molecule has 0 bridgehead atoms. The number of carbonyl (C=O) groups excluding carboxylic acids is 2. The summed E-state index contributed by atoms with van der Waals surface area (Å²) in [7, 11) is 3.55. The molecule has 0 aliphatic rings. The Morgan fingerprint density at radius 2 is 2.00 bits per heavy atom. The zero-order valence-corrected chi connectivity index (χ0v) is 14.6. The summed E-state index contributed by atoms with van der Waals surface area (Å²) in [5, 5.41) is 6.16. The van der Waals surface area contributed by atoms with Crippen LogP contribution in [0.3, 0.4) is 0 Å². The van der Waals surface area contributed by atoms with E-state index in [4.69, 9.17) is 11.6 Å². The quantitative estimate of drug-likeness (QED) is 0.840. The van der Waals surface area contributed by atoms with Gasteiger partial charge >= 0.3 is 6.03 Å². The van der Waals surface area contributed by atoms with Crippen molar-refractivity contribution in [2.75, 3.05) is 7.05 Å². The Kier molecular flexibility index (Phi) is 6.74. The molecule has 6 nitrogen and oxygen atoms in total. The number of carbonyl (C=O) groups is 2. The molecule has 3 amide bonds. The molecule has 1 rings (SSSR count). The molecule has 22 heavy (non-hydrogen) atoms. The van der Waals surface area contributed by atoms with Gasteiger partial charge in [-0.1, -0.05) is 18.5 Å². The fourth-order valence-corrected chi connectivity index (χ4v) is 2.14. The van der Waals surface area contributed by atoms with Crippen LogP contribution in [0.15, 0.2) is 12.3 Å². The van der Waals surface area contributed by atoms with E-state index < -0.39 is 6.04 Å². The Bertz CT molecular complexity index is 530. The minimum Gasteiger partial charge on any atom is -0.352 e. The number of aryl methyl sites for hydroxylation is 1. The summed E-state index contributed by atoms with van der Waals surface area (Å²) in [5.41, 5.74) is 0.916. The van der Waals surface area contributed by atoms with E-state index >= 15 is 0 Å². The molecule has 2 unspecified atom stereocenters. The van der Waals surface area contributed by atoms with Gasteiger partial charge in [-0.15, -0.1) is 0 Å². The lowest BCUT2D eigenvalue weighted by molar-refractivity contribution is -0.123. The fraction of sp³-hybridized carbons (Fsp3) is 0.600. The smallest absolute Gasteiger partial charge is 0.318 e. The highest BCUT2D eigenvalue weighted by atomic mass is 35.5. The zero-order valence-electron chi connectivity index (χ0n) is 13.8. The lowest BCUT2D eigenvalue weighted by Crippen LogP contribution is -2.50. The monoisotopic (exact) mass is 328 g/mol. The van der Waals surface area contributed by atoms with E-state index in [0.29, 0.717) is 11.6 Å². The van der Waals surface area contributed by atoms with Crippen molar-refractivity contribution in [3.05, 3.63) is 23.0 Å². The first kappa shape index (κ1) is 18.4. The van der Waals surface area contributed by atoms with Gasteiger partial charge in [0.1, 0.15) is 6.04 Å². The molecular weight excluding hydrogens is 304 g/mol. The second kappa shape index (κ2) is 8.08. The van der Waals surface area contributed by atoms with E-state index in [1.165, 1.54) is 4.90 Å². The van der Waals surface area contributed by atoms with Crippen molar-refractivity contribution < 1.29 is 9.59 Å². The SMILES string of the molecule is CCC(C)NC(=O)C(C)NC(=O)N(C)Cc1cc(Cl)cn1C. The summed E-state index contributed by atoms with van der Waals surface area (Å²) in [6, 6.07) is 1.02. The van der Waals surface area contributed by atoms with Crippen molar-refractivity contribution in [2.24, 2.45) is 7.05 Å². The van der Waals surface area contributed by atoms with Crippen LogP contribution in [0.25, 0.3) is 0 Å². The van der Waals surface area contributed by atoms with Crippen LogP contribution in [0.4, 0.5) is 4.79 Å². The van der Waals surface area contributed by atoms with Gasteiger partial charge in [-0.25, -0.2) is 4.79 Å². The number of rotatable bonds is 6. The fourth-order valence-electron chi connectivity index (χ4n) is 1.87.